The fourth-order valence-corrected chi connectivity index (χ4v) is 19.5. The average Bonchev–Trinajstić information content (AvgIpc) is 1.54. The predicted octanol–water partition coefficient (Wildman–Crippen LogP) is 20.1. The second-order valence-electron chi connectivity index (χ2n) is 39.9. The molecular formula is C96H100N4NiO8S2. The van der Waals surface area contributed by atoms with E-state index < -0.39 is 86.0 Å². The second kappa shape index (κ2) is 25.5. The first-order valence-electron chi connectivity index (χ1n) is 38.4. The summed E-state index contributed by atoms with van der Waals surface area (Å²) in [6.07, 6.45) is 0. The molecule has 4 aliphatic rings. The van der Waals surface area contributed by atoms with E-state index in [2.05, 4.69) is 239 Å². The molecule has 0 saturated heterocycles. The van der Waals surface area contributed by atoms with Crippen LogP contribution in [0.15, 0.2) is 150 Å². The van der Waals surface area contributed by atoms with Crippen molar-refractivity contribution in [1.82, 2.24) is 9.97 Å². The summed E-state index contributed by atoms with van der Waals surface area (Å²) in [6.45, 7) is 51.9. The van der Waals surface area contributed by atoms with Crippen LogP contribution in [0.25, 0.3) is 110 Å². The first-order valence-corrected chi connectivity index (χ1v) is 42.0. The summed E-state index contributed by atoms with van der Waals surface area (Å²) >= 11 is 0. The summed E-state index contributed by atoms with van der Waals surface area (Å²) in [5.74, 6) is -1.65. The summed E-state index contributed by atoms with van der Waals surface area (Å²) in [6, 6.07) is 38.4. The van der Waals surface area contributed by atoms with E-state index in [1.807, 2.05) is 0 Å². The van der Waals surface area contributed by atoms with Crippen LogP contribution in [0.2, 0.25) is 0 Å². The molecule has 111 heavy (non-hydrogen) atoms. The van der Waals surface area contributed by atoms with E-state index >= 15 is 16.8 Å². The summed E-state index contributed by atoms with van der Waals surface area (Å²) in [4.78, 5) is 84.0. The van der Waals surface area contributed by atoms with Crippen LogP contribution in [-0.4, -0.2) is 16.8 Å². The first kappa shape index (κ1) is 78.7. The minimum Gasteiger partial charge on any atom is -0.656 e. The Morgan fingerprint density at radius 3 is 0.820 bits per heavy atom. The zero-order valence-electron chi connectivity index (χ0n) is 68.6. The molecule has 11 aromatic rings. The third kappa shape index (κ3) is 13.7. The largest absolute Gasteiger partial charge is 2.00 e. The van der Waals surface area contributed by atoms with Crippen LogP contribution in [0, 0.1) is 0 Å². The molecule has 9 aromatic carbocycles. The Labute approximate surface area is 661 Å². The molecule has 15 heteroatoms. The summed E-state index contributed by atoms with van der Waals surface area (Å²) in [5, 5.41) is 3.17. The molecule has 6 heterocycles. The van der Waals surface area contributed by atoms with Crippen molar-refractivity contribution in [2.24, 2.45) is 9.98 Å². The number of aromatic nitrogens is 2. The zero-order chi connectivity index (χ0) is 79.9. The molecule has 12 nitrogen and oxygen atoms in total. The van der Waals surface area contributed by atoms with Crippen molar-refractivity contribution in [2.75, 3.05) is 0 Å². The Morgan fingerprint density at radius 2 is 0.505 bits per heavy atom. The van der Waals surface area contributed by atoms with E-state index in [-0.39, 0.29) is 59.8 Å². The van der Waals surface area contributed by atoms with Gasteiger partial charge >= 0.3 is 16.5 Å². The number of benzene rings is 8. The van der Waals surface area contributed by atoms with Crippen LogP contribution in [0.3, 0.4) is 0 Å². The zero-order valence-corrected chi connectivity index (χ0v) is 71.2. The Kier molecular flexibility index (Phi) is 18.1. The van der Waals surface area contributed by atoms with Crippen LogP contribution in [0.5, 0.6) is 0 Å². The van der Waals surface area contributed by atoms with Crippen molar-refractivity contribution in [3.8, 4) is 44.5 Å². The van der Waals surface area contributed by atoms with Gasteiger partial charge in [-0.1, -0.05) is 239 Å². The van der Waals surface area contributed by atoms with Crippen LogP contribution < -0.4 is 42.4 Å². The quantitative estimate of drug-likeness (QED) is 0.153. The Morgan fingerprint density at radius 1 is 0.261 bits per heavy atom. The van der Waals surface area contributed by atoms with E-state index in [1.165, 1.54) is 24.3 Å². The number of hydrogen-bond donors (Lipinski definition) is 0. The predicted molar refractivity (Wildman–Crippen MR) is 455 cm³/mol. The van der Waals surface area contributed by atoms with Gasteiger partial charge in [-0.05, 0) is 214 Å². The van der Waals surface area contributed by atoms with Gasteiger partial charge in [-0.15, -0.1) is 22.1 Å². The smallest absolute Gasteiger partial charge is 0.656 e. The van der Waals surface area contributed by atoms with Crippen molar-refractivity contribution < 1.29 is 33.3 Å². The molecule has 4 aliphatic heterocycles. The molecule has 0 N–H and O–H groups in total. The maximum atomic E-state index is 15.5. The Balaban J connectivity index is 0.0000103. The average molecular weight is 1560 g/mol. The van der Waals surface area contributed by atoms with Crippen LogP contribution in [0.4, 0.5) is 11.4 Å². The van der Waals surface area contributed by atoms with Gasteiger partial charge in [-0.25, -0.2) is 26.8 Å². The minimum atomic E-state index is -4.00. The number of hydrogen-bond acceptors (Lipinski definition) is 10. The molecule has 0 saturated carbocycles. The first-order chi connectivity index (χ1) is 50.6. The topological polar surface area (TPSA) is 189 Å². The van der Waals surface area contributed by atoms with E-state index in [1.54, 1.807) is 24.3 Å². The molecule has 0 radical (unpaired) electrons. The van der Waals surface area contributed by atoms with Gasteiger partial charge in [0.15, 0.2) is 41.4 Å². The Hall–Kier alpha value is -9.01. The SMILES string of the molecule is CC(C)(C)c1cc(-c2c3c4c(c(c(-c5cc(C(C)(C)C)cc(C(C)(C)C)c5)c5[n-]c(c(-c6cc(C(C)(C)C)cc(C(C)(C)C)c6)c6c7cc8c(=O)ccc(=O)c8cc7c(c(-c7cc(C(C)(C)C)cc(C(C)(C)C)c7)c7[n-]c2c2c7CS(=O)(=O)C2)N=6)c2cc6c(=O)ccc(=O)c6cc52)=N3)CS(=O)(=O)C4)cc(C(C)(C)C)c1.[Ni+2]. The van der Waals surface area contributed by atoms with Crippen molar-refractivity contribution in [2.45, 2.75) is 233 Å². The van der Waals surface area contributed by atoms with Gasteiger partial charge < -0.3 is 9.97 Å². The fourth-order valence-electron chi connectivity index (χ4n) is 16.3. The molecular weight excluding hydrogens is 1460 g/mol. The standard InChI is InChI=1S/C96H102N4O8S2.Ni/c1-89(2,3)53-29-49(30-54(37-53)90(4,5)6)77-81-65-41-61-63(75(103)27-25-73(61)101)43-67(65)83(97-81)78(50-31-55(91(7,8)9)38-56(32-50)92(10,11)12)85-69-45-109(105,106)47-71(69)87(99-85)80(52-35-59(95(19,20)21)40-60(36-52)96(22,23)24)88-72-48-110(107,108)46-70(72)86(100-88)79(51-33-57(93(13,14)15)39-58(34-51)94(16,17)18)84-68-44-64-62(42-66(68)82(77)98-84)74(102)26-28-76(64)104;/h25-44H,45-48H2,1-24H3,(H2,97,98,99,100,101,102,103,104);/q;+2/p-2. The van der Waals surface area contributed by atoms with Gasteiger partial charge in [0.05, 0.1) is 45.1 Å². The van der Waals surface area contributed by atoms with Gasteiger partial charge in [-0.2, -0.15) is 0 Å². The minimum absolute atomic E-state index is 0. The van der Waals surface area contributed by atoms with E-state index in [9.17, 15) is 19.2 Å². The van der Waals surface area contributed by atoms with Crippen molar-refractivity contribution in [1.29, 1.82) is 0 Å². The number of nitrogens with zero attached hydrogens (tertiary/aromatic N) is 4. The third-order valence-electron chi connectivity index (χ3n) is 23.1. The third-order valence-corrected chi connectivity index (χ3v) is 26.0. The van der Waals surface area contributed by atoms with Crippen molar-refractivity contribution >= 4 is 96.2 Å². The van der Waals surface area contributed by atoms with Gasteiger partial charge in [0.2, 0.25) is 0 Å². The fraction of sp³-hybridized carbons (Fsp3) is 0.375. The molecule has 574 valence electrons. The van der Waals surface area contributed by atoms with Crippen LogP contribution >= 0.6 is 0 Å². The summed E-state index contributed by atoms with van der Waals surface area (Å²) in [7, 11) is -8.00. The number of fused-ring (bicyclic) bond motifs is 2. The second-order valence-corrected chi connectivity index (χ2v) is 44.1. The Bertz CT molecular complexity index is 6720. The van der Waals surface area contributed by atoms with E-state index in [0.29, 0.717) is 132 Å². The van der Waals surface area contributed by atoms with Gasteiger partial charge in [0.25, 0.3) is 0 Å². The van der Waals surface area contributed by atoms with Gasteiger partial charge in [-0.3, -0.25) is 19.2 Å². The van der Waals surface area contributed by atoms with E-state index in [0.717, 1.165) is 44.5 Å². The van der Waals surface area contributed by atoms with Gasteiger partial charge in [0.1, 0.15) is 0 Å². The molecule has 0 spiro atoms. The molecule has 0 atom stereocenters. The number of sulfone groups is 2. The maximum absolute atomic E-state index is 15.5. The van der Waals surface area contributed by atoms with Crippen molar-refractivity contribution in [3.05, 3.63) is 240 Å². The summed E-state index contributed by atoms with van der Waals surface area (Å²) < 4.78 is 61.8. The normalized spacial score (nSPS) is 15.2. The summed E-state index contributed by atoms with van der Waals surface area (Å²) in [5.41, 5.74) is 10.8. The molecule has 0 fully saturated rings. The van der Waals surface area contributed by atoms with Crippen LogP contribution in [-0.2, 0) is 102 Å². The van der Waals surface area contributed by atoms with Crippen LogP contribution in [0.1, 0.15) is 233 Å². The molecule has 0 amide bonds. The molecule has 8 bridgehead atoms. The molecule has 2 aromatic heterocycles. The van der Waals surface area contributed by atoms with Gasteiger partial charge in [0, 0.05) is 32.3 Å². The maximum Gasteiger partial charge on any atom is 2.00 e. The number of rotatable bonds is 4. The molecule has 15 rings (SSSR count). The molecule has 0 unspecified atom stereocenters. The molecule has 0 aliphatic carbocycles. The van der Waals surface area contributed by atoms with E-state index in [4.69, 9.17) is 20.0 Å². The van der Waals surface area contributed by atoms with Crippen molar-refractivity contribution in [3.63, 3.8) is 0 Å². The monoisotopic (exact) mass is 1560 g/mol.